The molecule has 1 atom stereocenters. The molecule has 0 spiro atoms. The summed E-state index contributed by atoms with van der Waals surface area (Å²) in [5.74, 6) is 0.446. The van der Waals surface area contributed by atoms with Crippen molar-refractivity contribution in [2.45, 2.75) is 52.7 Å². The average molecular weight is 262 g/mol. The van der Waals surface area contributed by atoms with E-state index >= 15 is 0 Å². The second-order valence-electron chi connectivity index (χ2n) is 4.65. The topological polar surface area (TPSA) is 73.4 Å². The number of nitrogens with zero attached hydrogens (tertiary/aromatic N) is 3. The number of fused-ring (bicyclic) bond motifs is 1. The summed E-state index contributed by atoms with van der Waals surface area (Å²) in [7, 11) is 0. The van der Waals surface area contributed by atoms with E-state index in [-0.39, 0.29) is 6.23 Å². The summed E-state index contributed by atoms with van der Waals surface area (Å²) in [6, 6.07) is 0. The Labute approximate surface area is 114 Å². The van der Waals surface area contributed by atoms with Gasteiger partial charge in [-0.15, -0.1) is 0 Å². The van der Waals surface area contributed by atoms with E-state index in [1.54, 1.807) is 0 Å². The summed E-state index contributed by atoms with van der Waals surface area (Å²) in [5, 5.41) is 0. The Hall–Kier alpha value is -1.49. The van der Waals surface area contributed by atoms with Crippen LogP contribution in [-0.2, 0) is 17.6 Å². The van der Waals surface area contributed by atoms with E-state index in [1.807, 2.05) is 0 Å². The van der Waals surface area contributed by atoms with Gasteiger partial charge in [0.1, 0.15) is 17.2 Å². The molecule has 0 amide bonds. The van der Waals surface area contributed by atoms with Crippen LogP contribution < -0.4 is 5.73 Å². The van der Waals surface area contributed by atoms with Crippen molar-refractivity contribution in [2.24, 2.45) is 10.7 Å². The van der Waals surface area contributed by atoms with E-state index in [4.69, 9.17) is 10.5 Å². The van der Waals surface area contributed by atoms with E-state index in [0.717, 1.165) is 42.8 Å². The van der Waals surface area contributed by atoms with Crippen LogP contribution in [0.1, 0.15) is 62.6 Å². The fraction of sp³-hybridized carbons (Fsp3) is 0.643. The Morgan fingerprint density at radius 2 is 1.79 bits per heavy atom. The lowest BCUT2D eigenvalue weighted by Gasteiger charge is -2.12. The lowest BCUT2D eigenvalue weighted by molar-refractivity contribution is 0.0562. The highest BCUT2D eigenvalue weighted by Crippen LogP contribution is 2.28. The average Bonchev–Trinajstić information content (AvgIpc) is 2.74. The summed E-state index contributed by atoms with van der Waals surface area (Å²) >= 11 is 0. The first kappa shape index (κ1) is 13.9. The Morgan fingerprint density at radius 1 is 1.11 bits per heavy atom. The molecule has 1 aromatic rings. The van der Waals surface area contributed by atoms with Crippen LogP contribution in [0.15, 0.2) is 4.99 Å². The Bertz CT molecular complexity index is 485. The zero-order chi connectivity index (χ0) is 13.8. The molecule has 2 rings (SSSR count). The van der Waals surface area contributed by atoms with Crippen molar-refractivity contribution in [1.82, 2.24) is 9.97 Å². The van der Waals surface area contributed by atoms with Gasteiger partial charge in [0, 0.05) is 6.61 Å². The number of aliphatic imine (C=N–C) groups is 1. The number of nitrogens with two attached hydrogens (primary N) is 1. The highest BCUT2D eigenvalue weighted by atomic mass is 16.5. The van der Waals surface area contributed by atoms with Crippen molar-refractivity contribution >= 4 is 5.84 Å². The molecule has 1 aliphatic rings. The minimum Gasteiger partial charge on any atom is -0.382 e. The van der Waals surface area contributed by atoms with Crippen molar-refractivity contribution in [3.63, 3.8) is 0 Å². The maximum atomic E-state index is 5.92. The lowest BCUT2D eigenvalue weighted by atomic mass is 10.2. The highest BCUT2D eigenvalue weighted by molar-refractivity contribution is 5.99. The minimum absolute atomic E-state index is 0.370. The fourth-order valence-corrected chi connectivity index (χ4v) is 2.15. The van der Waals surface area contributed by atoms with E-state index in [9.17, 15) is 0 Å². The number of rotatable bonds is 6. The van der Waals surface area contributed by atoms with Gasteiger partial charge in [-0.1, -0.05) is 27.2 Å². The Balaban J connectivity index is 2.28. The molecule has 0 saturated heterocycles. The molecule has 0 aromatic carbocycles. The number of unbranched alkanes of at least 4 members (excludes halogenated alkanes) is 1. The maximum Gasteiger partial charge on any atom is 0.195 e. The molecule has 0 fully saturated rings. The van der Waals surface area contributed by atoms with Gasteiger partial charge in [0.05, 0.1) is 11.4 Å². The van der Waals surface area contributed by atoms with Crippen LogP contribution in [0, 0.1) is 0 Å². The molecule has 5 heteroatoms. The molecular weight excluding hydrogens is 240 g/mol. The van der Waals surface area contributed by atoms with Crippen LogP contribution in [0.3, 0.4) is 0 Å². The number of hydrogen-bond acceptors (Lipinski definition) is 5. The third-order valence-corrected chi connectivity index (χ3v) is 3.25. The zero-order valence-corrected chi connectivity index (χ0v) is 11.9. The molecule has 104 valence electrons. The van der Waals surface area contributed by atoms with Crippen LogP contribution in [0.5, 0.6) is 0 Å². The Morgan fingerprint density at radius 3 is 2.42 bits per heavy atom. The summed E-state index contributed by atoms with van der Waals surface area (Å²) in [4.78, 5) is 13.6. The molecule has 0 saturated carbocycles. The van der Waals surface area contributed by atoms with Gasteiger partial charge in [0.2, 0.25) is 0 Å². The van der Waals surface area contributed by atoms with Gasteiger partial charge < -0.3 is 10.5 Å². The molecule has 2 N–H and O–H groups in total. The van der Waals surface area contributed by atoms with Crippen LogP contribution in [-0.4, -0.2) is 22.4 Å². The SMILES string of the molecule is CCCCOC1N=C(N)c2nc(CC)c(CC)nc21. The van der Waals surface area contributed by atoms with Gasteiger partial charge in [-0.3, -0.25) is 0 Å². The molecule has 1 aliphatic heterocycles. The minimum atomic E-state index is -0.370. The van der Waals surface area contributed by atoms with Crippen LogP contribution in [0.4, 0.5) is 0 Å². The van der Waals surface area contributed by atoms with Crippen molar-refractivity contribution in [3.8, 4) is 0 Å². The summed E-state index contributed by atoms with van der Waals surface area (Å²) in [5.41, 5.74) is 9.44. The summed E-state index contributed by atoms with van der Waals surface area (Å²) in [6.07, 6.45) is 3.47. The van der Waals surface area contributed by atoms with E-state index in [1.165, 1.54) is 0 Å². The predicted molar refractivity (Wildman–Crippen MR) is 75.1 cm³/mol. The van der Waals surface area contributed by atoms with Crippen LogP contribution in [0.2, 0.25) is 0 Å². The van der Waals surface area contributed by atoms with Gasteiger partial charge >= 0.3 is 0 Å². The summed E-state index contributed by atoms with van der Waals surface area (Å²) in [6.45, 7) is 6.97. The molecule has 5 nitrogen and oxygen atoms in total. The first-order chi connectivity index (χ1) is 9.21. The molecule has 1 unspecified atom stereocenters. The number of amidine groups is 1. The van der Waals surface area contributed by atoms with Crippen molar-refractivity contribution in [1.29, 1.82) is 0 Å². The number of ether oxygens (including phenoxy) is 1. The standard InChI is InChI=1S/C14H22N4O/c1-4-7-8-19-14-12-11(13(15)18-14)16-9(5-2)10(6-3)17-12/h14H,4-8H2,1-3H3,(H2,15,18). The Kier molecular flexibility index (Phi) is 4.47. The molecule has 1 aromatic heterocycles. The zero-order valence-electron chi connectivity index (χ0n) is 11.9. The predicted octanol–water partition coefficient (Wildman–Crippen LogP) is 2.14. The smallest absolute Gasteiger partial charge is 0.195 e. The maximum absolute atomic E-state index is 5.92. The van der Waals surface area contributed by atoms with Gasteiger partial charge in [-0.05, 0) is 19.3 Å². The largest absolute Gasteiger partial charge is 0.382 e. The molecule has 19 heavy (non-hydrogen) atoms. The lowest BCUT2D eigenvalue weighted by Crippen LogP contribution is -2.16. The van der Waals surface area contributed by atoms with E-state index < -0.39 is 0 Å². The van der Waals surface area contributed by atoms with Crippen molar-refractivity contribution < 1.29 is 4.74 Å². The third-order valence-electron chi connectivity index (χ3n) is 3.25. The highest BCUT2D eigenvalue weighted by Gasteiger charge is 2.28. The van der Waals surface area contributed by atoms with Gasteiger partial charge in [0.15, 0.2) is 6.23 Å². The molecule has 0 bridgehead atoms. The normalized spacial score (nSPS) is 17.4. The van der Waals surface area contributed by atoms with Gasteiger partial charge in [-0.2, -0.15) is 0 Å². The molecule has 0 aliphatic carbocycles. The first-order valence-corrected chi connectivity index (χ1v) is 7.06. The fourth-order valence-electron chi connectivity index (χ4n) is 2.15. The summed E-state index contributed by atoms with van der Waals surface area (Å²) < 4.78 is 5.74. The van der Waals surface area contributed by atoms with Crippen LogP contribution in [0.25, 0.3) is 0 Å². The van der Waals surface area contributed by atoms with Gasteiger partial charge in [0.25, 0.3) is 0 Å². The second-order valence-corrected chi connectivity index (χ2v) is 4.65. The van der Waals surface area contributed by atoms with Crippen LogP contribution >= 0.6 is 0 Å². The quantitative estimate of drug-likeness (QED) is 0.797. The molecular formula is C14H22N4O. The third kappa shape index (κ3) is 2.76. The first-order valence-electron chi connectivity index (χ1n) is 7.06. The van der Waals surface area contributed by atoms with Crippen molar-refractivity contribution in [3.05, 3.63) is 22.8 Å². The van der Waals surface area contributed by atoms with E-state index in [2.05, 4.69) is 35.7 Å². The second kappa shape index (κ2) is 6.10. The van der Waals surface area contributed by atoms with Gasteiger partial charge in [-0.25, -0.2) is 15.0 Å². The number of aryl methyl sites for hydroxylation is 2. The van der Waals surface area contributed by atoms with E-state index in [0.29, 0.717) is 18.1 Å². The number of hydrogen-bond donors (Lipinski definition) is 1. The molecule has 0 radical (unpaired) electrons. The monoisotopic (exact) mass is 262 g/mol. The van der Waals surface area contributed by atoms with Crippen molar-refractivity contribution in [2.75, 3.05) is 6.61 Å². The molecule has 2 heterocycles. The number of aromatic nitrogens is 2.